The van der Waals surface area contributed by atoms with Gasteiger partial charge in [-0.25, -0.2) is 8.42 Å². The van der Waals surface area contributed by atoms with Gasteiger partial charge in [0.15, 0.2) is 0 Å². The number of anilines is 1. The van der Waals surface area contributed by atoms with Gasteiger partial charge in [-0.05, 0) is 12.1 Å². The highest BCUT2D eigenvalue weighted by Crippen LogP contribution is 2.32. The first-order valence-corrected chi connectivity index (χ1v) is 5.97. The molecule has 0 saturated carbocycles. The molecular formula is C7H6Cl2N2O2S. The Labute approximate surface area is 91.3 Å². The summed E-state index contributed by atoms with van der Waals surface area (Å²) in [6, 6.07) is 2.82. The first kappa shape index (κ1) is 10.0. The summed E-state index contributed by atoms with van der Waals surface area (Å²) in [7, 11) is -3.44. The normalized spacial score (nSPS) is 18.4. The minimum absolute atomic E-state index is 0.123. The van der Waals surface area contributed by atoms with E-state index in [-0.39, 0.29) is 16.6 Å². The summed E-state index contributed by atoms with van der Waals surface area (Å²) in [6.07, 6.45) is 0. The molecule has 0 aliphatic carbocycles. The maximum absolute atomic E-state index is 11.5. The summed E-state index contributed by atoms with van der Waals surface area (Å²) < 4.78 is 25.3. The van der Waals surface area contributed by atoms with Gasteiger partial charge < -0.3 is 5.32 Å². The van der Waals surface area contributed by atoms with E-state index in [0.29, 0.717) is 10.7 Å². The Morgan fingerprint density at radius 1 is 1.21 bits per heavy atom. The molecule has 0 unspecified atom stereocenters. The molecule has 2 rings (SSSR count). The van der Waals surface area contributed by atoms with Crippen LogP contribution in [0.25, 0.3) is 0 Å². The molecule has 1 aliphatic heterocycles. The fourth-order valence-corrected chi connectivity index (χ4v) is 2.70. The Hall–Kier alpha value is -0.490. The molecule has 1 aromatic rings. The summed E-state index contributed by atoms with van der Waals surface area (Å²) >= 11 is 11.5. The highest BCUT2D eigenvalue weighted by molar-refractivity contribution is 7.89. The second-order valence-electron chi connectivity index (χ2n) is 2.76. The molecule has 1 heterocycles. The lowest BCUT2D eigenvalue weighted by Gasteiger charge is -2.19. The topological polar surface area (TPSA) is 58.2 Å². The van der Waals surface area contributed by atoms with Gasteiger partial charge in [-0.15, -0.1) is 0 Å². The molecule has 0 saturated heterocycles. The molecule has 0 bridgehead atoms. The van der Waals surface area contributed by atoms with Gasteiger partial charge in [0.1, 0.15) is 4.90 Å². The Kier molecular flexibility index (Phi) is 2.35. The lowest BCUT2D eigenvalue weighted by atomic mass is 10.3. The van der Waals surface area contributed by atoms with Crippen LogP contribution in [0, 0.1) is 0 Å². The van der Waals surface area contributed by atoms with Crippen LogP contribution < -0.4 is 10.0 Å². The van der Waals surface area contributed by atoms with E-state index < -0.39 is 10.0 Å². The number of sulfonamides is 1. The van der Waals surface area contributed by atoms with E-state index in [1.807, 2.05) is 0 Å². The molecule has 1 aliphatic rings. The summed E-state index contributed by atoms with van der Waals surface area (Å²) in [4.78, 5) is 0.123. The van der Waals surface area contributed by atoms with Crippen LogP contribution in [0.1, 0.15) is 0 Å². The minimum atomic E-state index is -3.44. The molecule has 0 aromatic heterocycles. The van der Waals surface area contributed by atoms with E-state index in [1.165, 1.54) is 12.1 Å². The molecule has 0 radical (unpaired) electrons. The fraction of sp³-hybridized carbons (Fsp3) is 0.143. The maximum atomic E-state index is 11.5. The highest BCUT2D eigenvalue weighted by atomic mass is 35.5. The van der Waals surface area contributed by atoms with Gasteiger partial charge in [0.2, 0.25) is 10.0 Å². The van der Waals surface area contributed by atoms with E-state index in [1.54, 1.807) is 0 Å². The van der Waals surface area contributed by atoms with E-state index >= 15 is 0 Å². The SMILES string of the molecule is O=S1(=O)NCNc2cc(Cl)c(Cl)cc21. The Morgan fingerprint density at radius 2 is 1.86 bits per heavy atom. The minimum Gasteiger partial charge on any atom is -0.370 e. The number of fused-ring (bicyclic) bond motifs is 1. The van der Waals surface area contributed by atoms with Crippen LogP contribution in [0.15, 0.2) is 17.0 Å². The van der Waals surface area contributed by atoms with E-state index in [4.69, 9.17) is 23.2 Å². The van der Waals surface area contributed by atoms with Gasteiger partial charge in [-0.2, -0.15) is 4.72 Å². The third-order valence-corrected chi connectivity index (χ3v) is 4.02. The molecule has 0 amide bonds. The van der Waals surface area contributed by atoms with Gasteiger partial charge in [-0.3, -0.25) is 0 Å². The third kappa shape index (κ3) is 1.56. The van der Waals surface area contributed by atoms with Crippen LogP contribution >= 0.6 is 23.2 Å². The van der Waals surface area contributed by atoms with Crippen molar-refractivity contribution < 1.29 is 8.42 Å². The smallest absolute Gasteiger partial charge is 0.244 e. The van der Waals surface area contributed by atoms with Crippen molar-refractivity contribution in [2.45, 2.75) is 4.90 Å². The number of hydrogen-bond donors (Lipinski definition) is 2. The first-order chi connectivity index (χ1) is 6.50. The number of benzene rings is 1. The zero-order valence-corrected chi connectivity index (χ0v) is 9.17. The third-order valence-electron chi connectivity index (χ3n) is 1.85. The average Bonchev–Trinajstić information content (AvgIpc) is 2.08. The van der Waals surface area contributed by atoms with Crippen molar-refractivity contribution in [3.8, 4) is 0 Å². The molecule has 0 fully saturated rings. The molecule has 0 spiro atoms. The first-order valence-electron chi connectivity index (χ1n) is 3.73. The summed E-state index contributed by atoms with van der Waals surface area (Å²) in [5, 5.41) is 3.40. The van der Waals surface area contributed by atoms with Crippen LogP contribution in [0.4, 0.5) is 5.69 Å². The monoisotopic (exact) mass is 252 g/mol. The molecule has 2 N–H and O–H groups in total. The Balaban J connectivity index is 2.71. The second kappa shape index (κ2) is 3.27. The molecule has 4 nitrogen and oxygen atoms in total. The van der Waals surface area contributed by atoms with Crippen molar-refractivity contribution in [1.29, 1.82) is 0 Å². The number of nitrogens with one attached hydrogen (secondary N) is 2. The van der Waals surface area contributed by atoms with Crippen molar-refractivity contribution in [1.82, 2.24) is 4.72 Å². The molecular weight excluding hydrogens is 247 g/mol. The van der Waals surface area contributed by atoms with Crippen LogP contribution in [0.2, 0.25) is 10.0 Å². The zero-order valence-electron chi connectivity index (χ0n) is 6.84. The predicted molar refractivity (Wildman–Crippen MR) is 55.3 cm³/mol. The lowest BCUT2D eigenvalue weighted by Crippen LogP contribution is -2.34. The van der Waals surface area contributed by atoms with Gasteiger partial charge in [-0.1, -0.05) is 23.2 Å². The van der Waals surface area contributed by atoms with Crippen LogP contribution in [-0.2, 0) is 10.0 Å². The largest absolute Gasteiger partial charge is 0.370 e. The van der Waals surface area contributed by atoms with E-state index in [9.17, 15) is 8.42 Å². The number of halogens is 2. The predicted octanol–water partition coefficient (Wildman–Crippen LogP) is 1.65. The van der Waals surface area contributed by atoms with Crippen LogP contribution in [-0.4, -0.2) is 15.1 Å². The Morgan fingerprint density at radius 3 is 2.57 bits per heavy atom. The Bertz CT molecular complexity index is 487. The average molecular weight is 253 g/mol. The summed E-state index contributed by atoms with van der Waals surface area (Å²) in [5.74, 6) is 0. The van der Waals surface area contributed by atoms with Gasteiger partial charge in [0, 0.05) is 0 Å². The highest BCUT2D eigenvalue weighted by Gasteiger charge is 2.23. The van der Waals surface area contributed by atoms with E-state index in [0.717, 1.165) is 0 Å². The maximum Gasteiger partial charge on any atom is 0.244 e. The van der Waals surface area contributed by atoms with Crippen LogP contribution in [0.5, 0.6) is 0 Å². The summed E-state index contributed by atoms with van der Waals surface area (Å²) in [5.41, 5.74) is 0.471. The van der Waals surface area contributed by atoms with Crippen molar-refractivity contribution in [2.24, 2.45) is 0 Å². The molecule has 7 heteroatoms. The van der Waals surface area contributed by atoms with Crippen molar-refractivity contribution >= 4 is 38.9 Å². The van der Waals surface area contributed by atoms with E-state index in [2.05, 4.69) is 10.0 Å². The quantitative estimate of drug-likeness (QED) is 0.739. The zero-order chi connectivity index (χ0) is 10.3. The fourth-order valence-electron chi connectivity index (χ4n) is 1.19. The lowest BCUT2D eigenvalue weighted by molar-refractivity contribution is 0.581. The molecule has 0 atom stereocenters. The standard InChI is InChI=1S/C7H6Cl2N2O2S/c8-4-1-6-7(2-5(4)9)14(12,13)11-3-10-6/h1-2,10-11H,3H2. The van der Waals surface area contributed by atoms with Crippen molar-refractivity contribution in [3.63, 3.8) is 0 Å². The molecule has 76 valence electrons. The number of rotatable bonds is 0. The molecule has 14 heavy (non-hydrogen) atoms. The van der Waals surface area contributed by atoms with Crippen molar-refractivity contribution in [2.75, 3.05) is 12.0 Å². The van der Waals surface area contributed by atoms with Gasteiger partial charge in [0.05, 0.1) is 22.4 Å². The van der Waals surface area contributed by atoms with Gasteiger partial charge >= 0.3 is 0 Å². The number of hydrogen-bond acceptors (Lipinski definition) is 3. The van der Waals surface area contributed by atoms with Crippen molar-refractivity contribution in [3.05, 3.63) is 22.2 Å². The summed E-state index contributed by atoms with van der Waals surface area (Å²) in [6.45, 7) is 0.160. The van der Waals surface area contributed by atoms with Gasteiger partial charge in [0.25, 0.3) is 0 Å². The molecule has 1 aromatic carbocycles. The second-order valence-corrected chi connectivity index (χ2v) is 5.31. The van der Waals surface area contributed by atoms with Crippen LogP contribution in [0.3, 0.4) is 0 Å².